The summed E-state index contributed by atoms with van der Waals surface area (Å²) in [4.78, 5) is 0. The van der Waals surface area contributed by atoms with Crippen LogP contribution in [0.1, 0.15) is 47.0 Å². The molecule has 0 saturated carbocycles. The molecule has 3 heteroatoms. The van der Waals surface area contributed by atoms with Gasteiger partial charge in [0.2, 0.25) is 0 Å². The minimum atomic E-state index is 0.342. The van der Waals surface area contributed by atoms with Crippen LogP contribution in [0.5, 0.6) is 0 Å². The summed E-state index contributed by atoms with van der Waals surface area (Å²) < 4.78 is 10.8. The molecule has 0 aromatic heterocycles. The second kappa shape index (κ2) is 11.9. The Kier molecular flexibility index (Phi) is 11.9. The summed E-state index contributed by atoms with van der Waals surface area (Å²) in [6.45, 7) is 12.6. The molecule has 0 amide bonds. The van der Waals surface area contributed by atoms with Gasteiger partial charge in [-0.05, 0) is 38.1 Å². The first-order valence-corrected chi connectivity index (χ1v) is 7.43. The zero-order valence-corrected chi connectivity index (χ0v) is 13.0. The fourth-order valence-electron chi connectivity index (χ4n) is 1.75. The van der Waals surface area contributed by atoms with Crippen LogP contribution in [0.2, 0.25) is 0 Å². The highest BCUT2D eigenvalue weighted by molar-refractivity contribution is 4.60. The zero-order valence-electron chi connectivity index (χ0n) is 13.0. The largest absolute Gasteiger partial charge is 0.382 e. The van der Waals surface area contributed by atoms with Gasteiger partial charge in [0.15, 0.2) is 0 Å². The van der Waals surface area contributed by atoms with E-state index in [9.17, 15) is 0 Å². The van der Waals surface area contributed by atoms with Crippen molar-refractivity contribution in [3.63, 3.8) is 0 Å². The van der Waals surface area contributed by atoms with Gasteiger partial charge in [-0.3, -0.25) is 0 Å². The van der Waals surface area contributed by atoms with E-state index >= 15 is 0 Å². The van der Waals surface area contributed by atoms with Crippen LogP contribution in [0.4, 0.5) is 0 Å². The van der Waals surface area contributed by atoms with E-state index in [1.807, 2.05) is 0 Å². The van der Waals surface area contributed by atoms with E-state index in [0.717, 1.165) is 44.6 Å². The highest BCUT2D eigenvalue weighted by Crippen LogP contribution is 2.17. The number of ether oxygens (including phenoxy) is 2. The maximum Gasteiger partial charge on any atom is 0.0590 e. The molecule has 0 heterocycles. The van der Waals surface area contributed by atoms with Crippen molar-refractivity contribution in [1.82, 2.24) is 5.32 Å². The van der Waals surface area contributed by atoms with Crippen molar-refractivity contribution in [1.29, 1.82) is 0 Å². The predicted molar refractivity (Wildman–Crippen MR) is 78.0 cm³/mol. The van der Waals surface area contributed by atoms with Gasteiger partial charge in [0.05, 0.1) is 12.7 Å². The van der Waals surface area contributed by atoms with Crippen molar-refractivity contribution in [2.45, 2.75) is 53.1 Å². The molecular weight excluding hydrogens is 226 g/mol. The Bertz CT molecular complexity index is 176. The molecule has 0 aromatic rings. The molecule has 0 spiro atoms. The SMILES string of the molecule is CCC(C)C(C)CCOCCNCCC(C)OC. The third-order valence-electron chi connectivity index (χ3n) is 3.89. The lowest BCUT2D eigenvalue weighted by atomic mass is 9.91. The number of hydrogen-bond donors (Lipinski definition) is 1. The molecule has 0 fully saturated rings. The lowest BCUT2D eigenvalue weighted by molar-refractivity contribution is 0.104. The average molecular weight is 259 g/mol. The van der Waals surface area contributed by atoms with Crippen molar-refractivity contribution >= 4 is 0 Å². The minimum absolute atomic E-state index is 0.342. The summed E-state index contributed by atoms with van der Waals surface area (Å²) in [5, 5.41) is 3.37. The highest BCUT2D eigenvalue weighted by Gasteiger charge is 2.09. The minimum Gasteiger partial charge on any atom is -0.382 e. The van der Waals surface area contributed by atoms with E-state index in [4.69, 9.17) is 9.47 Å². The van der Waals surface area contributed by atoms with Crippen LogP contribution in [0.3, 0.4) is 0 Å². The van der Waals surface area contributed by atoms with Crippen molar-refractivity contribution in [2.24, 2.45) is 11.8 Å². The van der Waals surface area contributed by atoms with E-state index in [1.165, 1.54) is 12.8 Å². The average Bonchev–Trinajstić information content (AvgIpc) is 2.39. The van der Waals surface area contributed by atoms with Crippen molar-refractivity contribution in [3.05, 3.63) is 0 Å². The molecule has 3 nitrogen and oxygen atoms in total. The van der Waals surface area contributed by atoms with Gasteiger partial charge in [-0.15, -0.1) is 0 Å². The molecule has 0 aromatic carbocycles. The van der Waals surface area contributed by atoms with E-state index in [-0.39, 0.29) is 0 Å². The second-order valence-electron chi connectivity index (χ2n) is 5.35. The molecule has 0 bridgehead atoms. The van der Waals surface area contributed by atoms with Crippen LogP contribution in [0.25, 0.3) is 0 Å². The molecular formula is C15H33NO2. The standard InChI is InChI=1S/C15H33NO2/c1-6-13(2)14(3)8-11-18-12-10-16-9-7-15(4)17-5/h13-16H,6-12H2,1-5H3. The smallest absolute Gasteiger partial charge is 0.0590 e. The van der Waals surface area contributed by atoms with Gasteiger partial charge in [0.1, 0.15) is 0 Å². The Morgan fingerprint density at radius 3 is 2.28 bits per heavy atom. The normalized spacial score (nSPS) is 16.5. The second-order valence-corrected chi connectivity index (χ2v) is 5.35. The Morgan fingerprint density at radius 2 is 1.67 bits per heavy atom. The molecule has 0 radical (unpaired) electrons. The number of methoxy groups -OCH3 is 1. The first-order chi connectivity index (χ1) is 8.61. The molecule has 110 valence electrons. The number of nitrogens with one attached hydrogen (secondary N) is 1. The van der Waals surface area contributed by atoms with Gasteiger partial charge in [0, 0.05) is 20.3 Å². The summed E-state index contributed by atoms with van der Waals surface area (Å²) in [6.07, 6.45) is 3.84. The summed E-state index contributed by atoms with van der Waals surface area (Å²) >= 11 is 0. The van der Waals surface area contributed by atoms with Crippen LogP contribution in [0.15, 0.2) is 0 Å². The molecule has 0 saturated heterocycles. The zero-order chi connectivity index (χ0) is 13.8. The number of rotatable bonds is 12. The van der Waals surface area contributed by atoms with E-state index in [1.54, 1.807) is 7.11 Å². The van der Waals surface area contributed by atoms with Gasteiger partial charge >= 0.3 is 0 Å². The van der Waals surface area contributed by atoms with Crippen LogP contribution in [-0.4, -0.2) is 39.5 Å². The molecule has 0 aliphatic heterocycles. The van der Waals surface area contributed by atoms with Crippen LogP contribution >= 0.6 is 0 Å². The van der Waals surface area contributed by atoms with E-state index < -0.39 is 0 Å². The molecule has 3 atom stereocenters. The van der Waals surface area contributed by atoms with E-state index in [2.05, 4.69) is 33.0 Å². The maximum absolute atomic E-state index is 5.64. The molecule has 18 heavy (non-hydrogen) atoms. The quantitative estimate of drug-likeness (QED) is 0.546. The number of hydrogen-bond acceptors (Lipinski definition) is 3. The summed E-state index contributed by atoms with van der Waals surface area (Å²) in [7, 11) is 1.76. The van der Waals surface area contributed by atoms with Gasteiger partial charge in [-0.2, -0.15) is 0 Å². The van der Waals surface area contributed by atoms with Crippen molar-refractivity contribution in [2.75, 3.05) is 33.4 Å². The van der Waals surface area contributed by atoms with Gasteiger partial charge in [-0.1, -0.05) is 27.2 Å². The van der Waals surface area contributed by atoms with Gasteiger partial charge in [0.25, 0.3) is 0 Å². The van der Waals surface area contributed by atoms with Gasteiger partial charge in [-0.25, -0.2) is 0 Å². The molecule has 1 N–H and O–H groups in total. The summed E-state index contributed by atoms with van der Waals surface area (Å²) in [5.74, 6) is 1.58. The predicted octanol–water partition coefficient (Wildman–Crippen LogP) is 3.09. The Labute approximate surface area is 114 Å². The van der Waals surface area contributed by atoms with Gasteiger partial charge < -0.3 is 14.8 Å². The lowest BCUT2D eigenvalue weighted by Crippen LogP contribution is -2.24. The van der Waals surface area contributed by atoms with Crippen LogP contribution in [-0.2, 0) is 9.47 Å². The Balaban J connectivity index is 3.21. The topological polar surface area (TPSA) is 30.5 Å². The van der Waals surface area contributed by atoms with E-state index in [0.29, 0.717) is 6.10 Å². The first-order valence-electron chi connectivity index (χ1n) is 7.43. The Hall–Kier alpha value is -0.120. The third-order valence-corrected chi connectivity index (χ3v) is 3.89. The molecule has 0 aliphatic rings. The lowest BCUT2D eigenvalue weighted by Gasteiger charge is -2.18. The maximum atomic E-state index is 5.64. The Morgan fingerprint density at radius 1 is 0.944 bits per heavy atom. The molecule has 3 unspecified atom stereocenters. The van der Waals surface area contributed by atoms with Crippen molar-refractivity contribution < 1.29 is 9.47 Å². The first kappa shape index (κ1) is 17.9. The highest BCUT2D eigenvalue weighted by atomic mass is 16.5. The third kappa shape index (κ3) is 9.86. The van der Waals surface area contributed by atoms with Crippen molar-refractivity contribution in [3.8, 4) is 0 Å². The fraction of sp³-hybridized carbons (Fsp3) is 1.00. The summed E-state index contributed by atoms with van der Waals surface area (Å²) in [6, 6.07) is 0. The molecule has 0 rings (SSSR count). The van der Waals surface area contributed by atoms with Crippen LogP contribution < -0.4 is 5.32 Å². The molecule has 0 aliphatic carbocycles. The monoisotopic (exact) mass is 259 g/mol. The van der Waals surface area contributed by atoms with Crippen LogP contribution in [0, 0.1) is 11.8 Å². The summed E-state index contributed by atoms with van der Waals surface area (Å²) in [5.41, 5.74) is 0. The fourth-order valence-corrected chi connectivity index (χ4v) is 1.75.